The van der Waals surface area contributed by atoms with Crippen LogP contribution in [-0.4, -0.2) is 18.8 Å². The van der Waals surface area contributed by atoms with Gasteiger partial charge in [0.25, 0.3) is 0 Å². The predicted octanol–water partition coefficient (Wildman–Crippen LogP) is 4.41. The number of benzene rings is 3. The summed E-state index contributed by atoms with van der Waals surface area (Å²) < 4.78 is 11.6. The molecule has 0 radical (unpaired) electrons. The van der Waals surface area contributed by atoms with Crippen molar-refractivity contribution in [1.29, 1.82) is 0 Å². The van der Waals surface area contributed by atoms with Crippen LogP contribution >= 0.6 is 0 Å². The number of nitrogens with one attached hydrogen (secondary N) is 1. The SMILES string of the molecule is COc1cccc(CNC[C@H](O)c2ccccc2)c1OCc1ccc(C)cc1. The first kappa shape index (κ1) is 19.9. The monoisotopic (exact) mass is 377 g/mol. The average Bonchev–Trinajstić information content (AvgIpc) is 2.74. The van der Waals surface area contributed by atoms with Gasteiger partial charge in [-0.15, -0.1) is 0 Å². The lowest BCUT2D eigenvalue weighted by molar-refractivity contribution is 0.174. The zero-order valence-electron chi connectivity index (χ0n) is 16.4. The van der Waals surface area contributed by atoms with E-state index in [4.69, 9.17) is 9.47 Å². The van der Waals surface area contributed by atoms with Crippen LogP contribution in [0, 0.1) is 6.92 Å². The normalized spacial score (nSPS) is 11.8. The van der Waals surface area contributed by atoms with E-state index >= 15 is 0 Å². The standard InChI is InChI=1S/C24H27NO3/c1-18-11-13-19(14-12-18)17-28-24-21(9-6-10-23(24)27-2)15-25-16-22(26)20-7-4-3-5-8-20/h3-14,22,25-26H,15-17H2,1-2H3/t22-/m0/s1. The molecule has 0 spiro atoms. The van der Waals surface area contributed by atoms with Crippen LogP contribution in [0.25, 0.3) is 0 Å². The van der Waals surface area contributed by atoms with E-state index in [1.54, 1.807) is 7.11 Å². The summed E-state index contributed by atoms with van der Waals surface area (Å²) in [6, 6.07) is 23.8. The third-order valence-electron chi connectivity index (χ3n) is 4.62. The van der Waals surface area contributed by atoms with Crippen LogP contribution in [0.2, 0.25) is 0 Å². The second kappa shape index (κ2) is 9.93. The van der Waals surface area contributed by atoms with E-state index in [0.717, 1.165) is 22.4 Å². The van der Waals surface area contributed by atoms with Gasteiger partial charge >= 0.3 is 0 Å². The van der Waals surface area contributed by atoms with Crippen molar-refractivity contribution in [3.05, 3.63) is 95.1 Å². The molecule has 0 aliphatic heterocycles. The van der Waals surface area contributed by atoms with Crippen LogP contribution in [0.4, 0.5) is 0 Å². The highest BCUT2D eigenvalue weighted by molar-refractivity contribution is 5.46. The number of aryl methyl sites for hydroxylation is 1. The van der Waals surface area contributed by atoms with Gasteiger partial charge in [-0.2, -0.15) is 0 Å². The van der Waals surface area contributed by atoms with Gasteiger partial charge in [0, 0.05) is 18.7 Å². The Morgan fingerprint density at radius 3 is 2.39 bits per heavy atom. The molecular formula is C24H27NO3. The Labute approximate surface area is 166 Å². The van der Waals surface area contributed by atoms with Crippen LogP contribution in [0.15, 0.2) is 72.8 Å². The number of methoxy groups -OCH3 is 1. The fourth-order valence-electron chi connectivity index (χ4n) is 3.00. The maximum absolute atomic E-state index is 10.3. The first-order chi connectivity index (χ1) is 13.7. The number of hydrogen-bond donors (Lipinski definition) is 2. The summed E-state index contributed by atoms with van der Waals surface area (Å²) >= 11 is 0. The molecule has 4 nitrogen and oxygen atoms in total. The Morgan fingerprint density at radius 1 is 0.929 bits per heavy atom. The third kappa shape index (κ3) is 5.35. The molecule has 0 heterocycles. The van der Waals surface area contributed by atoms with Crippen molar-refractivity contribution in [3.8, 4) is 11.5 Å². The Balaban J connectivity index is 1.64. The van der Waals surface area contributed by atoms with Gasteiger partial charge in [-0.1, -0.05) is 72.3 Å². The molecule has 0 aliphatic carbocycles. The Bertz CT molecular complexity index is 863. The van der Waals surface area contributed by atoms with Gasteiger partial charge in [0.2, 0.25) is 0 Å². The molecule has 0 amide bonds. The second-order valence-corrected chi connectivity index (χ2v) is 6.78. The molecule has 146 valence electrons. The second-order valence-electron chi connectivity index (χ2n) is 6.78. The molecule has 3 aromatic carbocycles. The number of aliphatic hydroxyl groups is 1. The largest absolute Gasteiger partial charge is 0.493 e. The number of aliphatic hydroxyl groups excluding tert-OH is 1. The zero-order valence-corrected chi connectivity index (χ0v) is 16.4. The van der Waals surface area contributed by atoms with Crippen LogP contribution in [0.5, 0.6) is 11.5 Å². The smallest absolute Gasteiger partial charge is 0.166 e. The minimum absolute atomic E-state index is 0.457. The van der Waals surface area contributed by atoms with Crippen molar-refractivity contribution < 1.29 is 14.6 Å². The minimum Gasteiger partial charge on any atom is -0.493 e. The quantitative estimate of drug-likeness (QED) is 0.580. The Hall–Kier alpha value is -2.82. The molecule has 0 aliphatic rings. The van der Waals surface area contributed by atoms with Crippen molar-refractivity contribution in [1.82, 2.24) is 5.32 Å². The number of ether oxygens (including phenoxy) is 2. The number of rotatable bonds is 9. The van der Waals surface area contributed by atoms with Gasteiger partial charge in [-0.25, -0.2) is 0 Å². The molecule has 0 fully saturated rings. The summed E-state index contributed by atoms with van der Waals surface area (Å²) in [5.74, 6) is 1.43. The van der Waals surface area contributed by atoms with Crippen molar-refractivity contribution in [2.24, 2.45) is 0 Å². The van der Waals surface area contributed by atoms with Crippen molar-refractivity contribution in [3.63, 3.8) is 0 Å². The first-order valence-corrected chi connectivity index (χ1v) is 9.45. The van der Waals surface area contributed by atoms with Gasteiger partial charge in [-0.3, -0.25) is 0 Å². The highest BCUT2D eigenvalue weighted by atomic mass is 16.5. The van der Waals surface area contributed by atoms with E-state index < -0.39 is 6.10 Å². The summed E-state index contributed by atoms with van der Waals surface area (Å²) in [5.41, 5.74) is 4.22. The van der Waals surface area contributed by atoms with Gasteiger partial charge in [0.1, 0.15) is 6.61 Å². The molecular weight excluding hydrogens is 350 g/mol. The molecule has 28 heavy (non-hydrogen) atoms. The van der Waals surface area contributed by atoms with Crippen LogP contribution < -0.4 is 14.8 Å². The van der Waals surface area contributed by atoms with Crippen LogP contribution in [0.3, 0.4) is 0 Å². The van der Waals surface area contributed by atoms with Crippen molar-refractivity contribution in [2.45, 2.75) is 26.2 Å². The highest BCUT2D eigenvalue weighted by Gasteiger charge is 2.12. The molecule has 0 saturated carbocycles. The van der Waals surface area contributed by atoms with Gasteiger partial charge in [-0.05, 0) is 24.1 Å². The summed E-state index contributed by atoms with van der Waals surface area (Å²) in [6.45, 7) is 3.57. The van der Waals surface area contributed by atoms with E-state index in [-0.39, 0.29) is 0 Å². The lowest BCUT2D eigenvalue weighted by atomic mass is 10.1. The van der Waals surface area contributed by atoms with Crippen LogP contribution in [0.1, 0.15) is 28.4 Å². The fraction of sp³-hybridized carbons (Fsp3) is 0.250. The topological polar surface area (TPSA) is 50.7 Å². The molecule has 0 unspecified atom stereocenters. The molecule has 1 atom stereocenters. The fourth-order valence-corrected chi connectivity index (χ4v) is 3.00. The molecule has 3 aromatic rings. The van der Waals surface area contributed by atoms with Crippen molar-refractivity contribution in [2.75, 3.05) is 13.7 Å². The maximum atomic E-state index is 10.3. The molecule has 0 bridgehead atoms. The molecule has 0 aromatic heterocycles. The van der Waals surface area contributed by atoms with Crippen LogP contribution in [-0.2, 0) is 13.2 Å². The molecule has 3 rings (SSSR count). The van der Waals surface area contributed by atoms with Crippen molar-refractivity contribution >= 4 is 0 Å². The molecule has 0 saturated heterocycles. The lowest BCUT2D eigenvalue weighted by Crippen LogP contribution is -2.21. The van der Waals surface area contributed by atoms with E-state index in [0.29, 0.717) is 25.4 Å². The summed E-state index contributed by atoms with van der Waals surface area (Å²) in [6.07, 6.45) is -0.552. The molecule has 4 heteroatoms. The Morgan fingerprint density at radius 2 is 1.68 bits per heavy atom. The van der Waals surface area contributed by atoms with Gasteiger partial charge in [0.15, 0.2) is 11.5 Å². The van der Waals surface area contributed by atoms with E-state index in [1.807, 2.05) is 48.5 Å². The first-order valence-electron chi connectivity index (χ1n) is 9.45. The number of hydrogen-bond acceptors (Lipinski definition) is 4. The molecule has 2 N–H and O–H groups in total. The minimum atomic E-state index is -0.552. The third-order valence-corrected chi connectivity index (χ3v) is 4.62. The van der Waals surface area contributed by atoms with E-state index in [2.05, 4.69) is 36.5 Å². The maximum Gasteiger partial charge on any atom is 0.166 e. The highest BCUT2D eigenvalue weighted by Crippen LogP contribution is 2.32. The lowest BCUT2D eigenvalue weighted by Gasteiger charge is -2.17. The van der Waals surface area contributed by atoms with E-state index in [1.165, 1.54) is 5.56 Å². The summed E-state index contributed by atoms with van der Waals surface area (Å²) in [5, 5.41) is 13.6. The zero-order chi connectivity index (χ0) is 19.8. The Kier molecular flexibility index (Phi) is 7.06. The number of para-hydroxylation sites is 1. The predicted molar refractivity (Wildman–Crippen MR) is 112 cm³/mol. The summed E-state index contributed by atoms with van der Waals surface area (Å²) in [4.78, 5) is 0. The van der Waals surface area contributed by atoms with Gasteiger partial charge < -0.3 is 19.9 Å². The average molecular weight is 377 g/mol. The van der Waals surface area contributed by atoms with E-state index in [9.17, 15) is 5.11 Å². The van der Waals surface area contributed by atoms with Gasteiger partial charge in [0.05, 0.1) is 13.2 Å². The summed E-state index contributed by atoms with van der Waals surface area (Å²) in [7, 11) is 1.64.